The molecule has 1 saturated heterocycles. The number of hydrogen-bond donors (Lipinski definition) is 0. The first-order chi connectivity index (χ1) is 9.78. The van der Waals surface area contributed by atoms with Gasteiger partial charge in [0.25, 0.3) is 0 Å². The van der Waals surface area contributed by atoms with Gasteiger partial charge in [-0.15, -0.1) is 0 Å². The molecule has 115 valence electrons. The van der Waals surface area contributed by atoms with E-state index >= 15 is 0 Å². The van der Waals surface area contributed by atoms with Crippen molar-refractivity contribution in [2.24, 2.45) is 0 Å². The first-order valence-corrected chi connectivity index (χ1v) is 11.6. The van der Waals surface area contributed by atoms with Crippen LogP contribution in [0.3, 0.4) is 0 Å². The first-order valence-electron chi connectivity index (χ1n) is 7.10. The SMILES string of the molecule is [2H]C[C@H]1O[C@@H](B)C(OCSSC(C)(C)C)[C@H]1OP(C)[O][Ce]. The standard InChI is InChI=1S/C11H23BO4PS2.Ce/c1-7-8(16-17(5)13)9(10(12)15-7)14-6-18-19-11(2,3)4;/h7-10H,6,12H2,1-5H3;/q-1;+1/t7-,8+,9?,10-,17?;/m1./s1/i1D;. The molecule has 20 heavy (non-hydrogen) atoms. The quantitative estimate of drug-likeness (QED) is 0.189. The van der Waals surface area contributed by atoms with Gasteiger partial charge in [-0.2, -0.15) is 0 Å². The van der Waals surface area contributed by atoms with Crippen LogP contribution in [-0.4, -0.2) is 49.5 Å². The van der Waals surface area contributed by atoms with Crippen molar-refractivity contribution in [1.82, 2.24) is 0 Å². The van der Waals surface area contributed by atoms with Crippen molar-refractivity contribution >= 4 is 37.8 Å². The molecule has 0 saturated carbocycles. The van der Waals surface area contributed by atoms with Crippen molar-refractivity contribution in [3.8, 4) is 0 Å². The Morgan fingerprint density at radius 3 is 2.70 bits per heavy atom. The Morgan fingerprint density at radius 1 is 1.45 bits per heavy atom. The van der Waals surface area contributed by atoms with E-state index in [0.29, 0.717) is 46.2 Å². The van der Waals surface area contributed by atoms with Crippen LogP contribution in [-0.2, 0) is 14.7 Å². The van der Waals surface area contributed by atoms with Gasteiger partial charge in [-0.05, 0) is 0 Å². The molecular weight excluding hydrogens is 442 g/mol. The Morgan fingerprint density at radius 2 is 2.15 bits per heavy atom. The van der Waals surface area contributed by atoms with Gasteiger partial charge in [0.05, 0.1) is 0 Å². The zero-order valence-corrected chi connectivity index (χ0v) is 18.3. The molecule has 1 rings (SSSR count). The van der Waals surface area contributed by atoms with Crippen LogP contribution in [0.25, 0.3) is 0 Å². The van der Waals surface area contributed by atoms with Crippen molar-refractivity contribution in [1.29, 1.82) is 0 Å². The summed E-state index contributed by atoms with van der Waals surface area (Å²) in [6.07, 6.45) is -0.565. The topological polar surface area (TPSA) is 36.9 Å². The summed E-state index contributed by atoms with van der Waals surface area (Å²) in [6.45, 7) is 8.67. The van der Waals surface area contributed by atoms with Crippen LogP contribution in [0.2, 0.25) is 0 Å². The van der Waals surface area contributed by atoms with E-state index in [1.54, 1.807) is 21.6 Å². The molecule has 9 heteroatoms. The molecular formula is C11H23BCeO4PS2. The predicted molar refractivity (Wildman–Crippen MR) is 86.4 cm³/mol. The monoisotopic (exact) mass is 466 g/mol. The van der Waals surface area contributed by atoms with Gasteiger partial charge in [0.15, 0.2) is 0 Å². The summed E-state index contributed by atoms with van der Waals surface area (Å²) < 4.78 is 30.9. The average Bonchev–Trinajstić information content (AvgIpc) is 2.69. The van der Waals surface area contributed by atoms with Crippen LogP contribution < -0.4 is 0 Å². The van der Waals surface area contributed by atoms with E-state index in [0.717, 1.165) is 0 Å². The van der Waals surface area contributed by atoms with E-state index in [9.17, 15) is 0 Å². The normalized spacial score (nSPS) is 33.0. The Balaban J connectivity index is 2.51. The van der Waals surface area contributed by atoms with Gasteiger partial charge in [0.1, 0.15) is 0 Å². The molecule has 0 radical (unpaired) electrons. The fourth-order valence-electron chi connectivity index (χ4n) is 1.77. The molecule has 0 aromatic rings. The van der Waals surface area contributed by atoms with E-state index in [-0.39, 0.29) is 36.0 Å². The molecule has 5 atom stereocenters. The molecule has 1 aliphatic heterocycles. The minimum absolute atomic E-state index is 0.0527. The molecule has 1 heterocycles. The van der Waals surface area contributed by atoms with Crippen molar-refractivity contribution in [2.75, 3.05) is 12.6 Å². The number of hydrogen-bond acceptors (Lipinski definition) is 6. The van der Waals surface area contributed by atoms with Gasteiger partial charge in [0.2, 0.25) is 0 Å². The van der Waals surface area contributed by atoms with Crippen molar-refractivity contribution in [2.45, 2.75) is 56.7 Å². The molecule has 0 aromatic carbocycles. The zero-order valence-electron chi connectivity index (χ0n) is 13.6. The van der Waals surface area contributed by atoms with Gasteiger partial charge in [-0.3, -0.25) is 0 Å². The van der Waals surface area contributed by atoms with Crippen LogP contribution >= 0.6 is 30.0 Å². The summed E-state index contributed by atoms with van der Waals surface area (Å²) in [5.74, 6) is 0.592. The molecule has 0 N–H and O–H groups in total. The second-order valence-corrected chi connectivity index (χ2v) is 11.6. The van der Waals surface area contributed by atoms with Gasteiger partial charge in [-0.25, -0.2) is 0 Å². The van der Waals surface area contributed by atoms with E-state index in [2.05, 4.69) is 20.8 Å². The second-order valence-electron chi connectivity index (χ2n) is 5.54. The van der Waals surface area contributed by atoms with Crippen LogP contribution in [0.15, 0.2) is 0 Å². The maximum absolute atomic E-state index is 7.61. The van der Waals surface area contributed by atoms with Gasteiger partial charge in [-0.1, -0.05) is 0 Å². The molecule has 4 nitrogen and oxygen atoms in total. The molecule has 2 unspecified atom stereocenters. The summed E-state index contributed by atoms with van der Waals surface area (Å²) in [7, 11) is 4.59. The average molecular weight is 466 g/mol. The van der Waals surface area contributed by atoms with Crippen LogP contribution in [0.4, 0.5) is 0 Å². The molecule has 1 fully saturated rings. The molecule has 0 aliphatic carbocycles. The zero-order chi connectivity index (χ0) is 16.0. The van der Waals surface area contributed by atoms with Crippen molar-refractivity contribution < 1.29 is 56.4 Å². The summed E-state index contributed by atoms with van der Waals surface area (Å²) in [5.41, 5.74) is 0. The number of ether oxygens (including phenoxy) is 2. The summed E-state index contributed by atoms with van der Waals surface area (Å²) in [5, 5.41) is 0. The van der Waals surface area contributed by atoms with Crippen LogP contribution in [0.1, 0.15) is 29.0 Å². The third kappa shape index (κ3) is 7.32. The fourth-order valence-corrected chi connectivity index (χ4v) is 4.80. The Hall–Kier alpha value is 2.41. The minimum atomic E-state index is -0.898. The third-order valence-electron chi connectivity index (χ3n) is 2.56. The van der Waals surface area contributed by atoms with Gasteiger partial charge < -0.3 is 0 Å². The van der Waals surface area contributed by atoms with E-state index in [1.165, 1.54) is 0 Å². The molecule has 0 amide bonds. The van der Waals surface area contributed by atoms with Crippen molar-refractivity contribution in [3.63, 3.8) is 0 Å². The van der Waals surface area contributed by atoms with Gasteiger partial charge in [0, 0.05) is 0 Å². The molecule has 0 bridgehead atoms. The van der Waals surface area contributed by atoms with Crippen LogP contribution in [0, 0.1) is 40.2 Å². The predicted octanol–water partition coefficient (Wildman–Crippen LogP) is 2.69. The van der Waals surface area contributed by atoms with Crippen LogP contribution in [0.5, 0.6) is 0 Å². The van der Waals surface area contributed by atoms with Crippen molar-refractivity contribution in [3.05, 3.63) is 0 Å². The summed E-state index contributed by atoms with van der Waals surface area (Å²) in [4.78, 5) is 0. The molecule has 0 aromatic heterocycles. The van der Waals surface area contributed by atoms with E-state index < -0.39 is 8.38 Å². The van der Waals surface area contributed by atoms with E-state index in [4.69, 9.17) is 16.1 Å². The Labute approximate surface area is 162 Å². The second kappa shape index (κ2) is 9.65. The summed E-state index contributed by atoms with van der Waals surface area (Å²) >= 11 is 0.653. The number of rotatable bonds is 7. The Kier molecular flexibility index (Phi) is 9.04. The first kappa shape index (κ1) is 18.7. The fraction of sp³-hybridized carbons (Fsp3) is 1.00. The maximum atomic E-state index is 7.61. The molecule has 1 aliphatic rings. The molecule has 0 spiro atoms. The van der Waals surface area contributed by atoms with E-state index in [1.807, 2.05) is 14.5 Å². The summed E-state index contributed by atoms with van der Waals surface area (Å²) in [6, 6.07) is -0.0527. The third-order valence-corrected chi connectivity index (χ3v) is 8.77. The Bertz CT molecular complexity index is 316. The van der Waals surface area contributed by atoms with Gasteiger partial charge >= 0.3 is 164 Å².